The van der Waals surface area contributed by atoms with Crippen molar-refractivity contribution in [2.75, 3.05) is 5.73 Å². The Labute approximate surface area is 64.6 Å². The Hall–Kier alpha value is -1.55. The third-order valence-corrected chi connectivity index (χ3v) is 0.852. The molecule has 0 unspecified atom stereocenters. The van der Waals surface area contributed by atoms with E-state index in [2.05, 4.69) is 0 Å². The number of nitrogens with two attached hydrogens (primary N) is 1. The van der Waals surface area contributed by atoms with Crippen LogP contribution in [-0.2, 0) is 4.79 Å². The average molecular weight is 154 g/mol. The van der Waals surface area contributed by atoms with Crippen molar-refractivity contribution in [1.29, 1.82) is 0 Å². The highest BCUT2D eigenvalue weighted by atomic mass is 16.5. The van der Waals surface area contributed by atoms with E-state index in [9.17, 15) is 0 Å². The van der Waals surface area contributed by atoms with Gasteiger partial charge in [0.25, 0.3) is 0 Å². The van der Waals surface area contributed by atoms with E-state index in [0.29, 0.717) is 0 Å². The monoisotopic (exact) mass is 154 g/mol. The van der Waals surface area contributed by atoms with Crippen LogP contribution in [0.5, 0.6) is 0 Å². The molecule has 4 heteroatoms. The van der Waals surface area contributed by atoms with Gasteiger partial charge in [-0.1, -0.05) is 18.2 Å². The molecule has 0 aliphatic heterocycles. The van der Waals surface area contributed by atoms with Crippen molar-refractivity contribution in [2.45, 2.75) is 0 Å². The molecule has 1 aromatic rings. The van der Waals surface area contributed by atoms with Gasteiger partial charge in [0.15, 0.2) is 0 Å². The molecule has 4 N–H and O–H groups in total. The van der Waals surface area contributed by atoms with Gasteiger partial charge in [-0.2, -0.15) is 0 Å². The number of nitrogens with one attached hydrogen (secondary N) is 1. The molecule has 0 fully saturated rings. The molecule has 1 aromatic carbocycles. The number of hydrogen-bond donors (Lipinski definition) is 3. The van der Waals surface area contributed by atoms with Crippen molar-refractivity contribution in [3.8, 4) is 0 Å². The number of nitrogen functional groups attached to an aromatic ring is 1. The van der Waals surface area contributed by atoms with Crippen molar-refractivity contribution in [1.82, 2.24) is 5.48 Å². The van der Waals surface area contributed by atoms with Crippen LogP contribution >= 0.6 is 0 Å². The standard InChI is InChI=1S/C6H7N.CH3NO2/c7-6-4-2-1-3-5-6;3-1-2-4/h1-5H,7H2;1,4H,(H,2,3). The van der Waals surface area contributed by atoms with E-state index in [1.807, 2.05) is 30.3 Å². The van der Waals surface area contributed by atoms with E-state index >= 15 is 0 Å². The number of para-hydroxylation sites is 1. The molecule has 0 saturated carbocycles. The zero-order valence-corrected chi connectivity index (χ0v) is 5.90. The molecule has 60 valence electrons. The van der Waals surface area contributed by atoms with E-state index in [-0.39, 0.29) is 6.41 Å². The van der Waals surface area contributed by atoms with Crippen LogP contribution in [0.1, 0.15) is 0 Å². The van der Waals surface area contributed by atoms with Gasteiger partial charge in [-0.3, -0.25) is 10.0 Å². The average Bonchev–Trinajstić information content (AvgIpc) is 2.07. The quantitative estimate of drug-likeness (QED) is 0.237. The van der Waals surface area contributed by atoms with Crippen molar-refractivity contribution in [3.05, 3.63) is 30.3 Å². The number of hydrogen-bond acceptors (Lipinski definition) is 3. The number of rotatable bonds is 1. The van der Waals surface area contributed by atoms with Gasteiger partial charge in [-0.25, -0.2) is 5.48 Å². The number of hydroxylamine groups is 1. The smallest absolute Gasteiger partial charge is 0.230 e. The Morgan fingerprint density at radius 2 is 1.82 bits per heavy atom. The molecule has 0 bridgehead atoms. The first-order valence-corrected chi connectivity index (χ1v) is 2.95. The van der Waals surface area contributed by atoms with Gasteiger partial charge in [-0.15, -0.1) is 0 Å². The lowest BCUT2D eigenvalue weighted by Gasteiger charge is -1.83. The van der Waals surface area contributed by atoms with Crippen molar-refractivity contribution in [3.63, 3.8) is 0 Å². The molecule has 0 aliphatic rings. The number of anilines is 1. The van der Waals surface area contributed by atoms with Crippen molar-refractivity contribution < 1.29 is 10.0 Å². The molecule has 0 radical (unpaired) electrons. The maximum absolute atomic E-state index is 8.81. The van der Waals surface area contributed by atoms with E-state index in [1.165, 1.54) is 5.48 Å². The van der Waals surface area contributed by atoms with Gasteiger partial charge in [-0.05, 0) is 12.1 Å². The van der Waals surface area contributed by atoms with Crippen LogP contribution in [0.15, 0.2) is 30.3 Å². The molecule has 0 saturated heterocycles. The summed E-state index contributed by atoms with van der Waals surface area (Å²) in [5.41, 5.74) is 7.43. The van der Waals surface area contributed by atoms with Gasteiger partial charge in [0.1, 0.15) is 0 Å². The number of carbonyl (C=O) groups excluding carboxylic acids is 1. The van der Waals surface area contributed by atoms with Crippen molar-refractivity contribution >= 4 is 12.1 Å². The zero-order valence-electron chi connectivity index (χ0n) is 5.90. The Morgan fingerprint density at radius 3 is 2.00 bits per heavy atom. The summed E-state index contributed by atoms with van der Waals surface area (Å²) >= 11 is 0. The summed E-state index contributed by atoms with van der Waals surface area (Å²) in [6, 6.07) is 9.49. The highest BCUT2D eigenvalue weighted by Crippen LogP contribution is 1.95. The summed E-state index contributed by atoms with van der Waals surface area (Å²) in [7, 11) is 0. The lowest BCUT2D eigenvalue weighted by molar-refractivity contribution is -0.116. The molecule has 1 rings (SSSR count). The fraction of sp³-hybridized carbons (Fsp3) is 0. The Kier molecular flexibility index (Phi) is 5.64. The zero-order chi connectivity index (χ0) is 8.53. The van der Waals surface area contributed by atoms with Gasteiger partial charge in [0.05, 0.1) is 0 Å². The predicted octanol–water partition coefficient (Wildman–Crippen LogP) is 0.390. The second-order valence-electron chi connectivity index (χ2n) is 1.66. The largest absolute Gasteiger partial charge is 0.399 e. The maximum Gasteiger partial charge on any atom is 0.230 e. The first kappa shape index (κ1) is 9.45. The molecule has 0 aromatic heterocycles. The first-order valence-electron chi connectivity index (χ1n) is 2.95. The Balaban J connectivity index is 0.000000218. The number of amides is 1. The third-order valence-electron chi connectivity index (χ3n) is 0.852. The minimum Gasteiger partial charge on any atom is -0.399 e. The number of benzene rings is 1. The SMILES string of the molecule is Nc1ccccc1.O=CNO. The third kappa shape index (κ3) is 6.33. The summed E-state index contributed by atoms with van der Waals surface area (Å²) in [4.78, 5) is 8.81. The van der Waals surface area contributed by atoms with E-state index < -0.39 is 0 Å². The van der Waals surface area contributed by atoms with Gasteiger partial charge in [0.2, 0.25) is 6.41 Å². The molecule has 4 nitrogen and oxygen atoms in total. The summed E-state index contributed by atoms with van der Waals surface area (Å²) in [5.74, 6) is 0. The fourth-order valence-electron chi connectivity index (χ4n) is 0.453. The molecular formula is C7H10N2O2. The van der Waals surface area contributed by atoms with Crippen LogP contribution in [0, 0.1) is 0 Å². The molecule has 0 spiro atoms. The minimum absolute atomic E-state index is 0.181. The molecule has 1 amide bonds. The summed E-state index contributed by atoms with van der Waals surface area (Å²) < 4.78 is 0. The van der Waals surface area contributed by atoms with Crippen molar-refractivity contribution in [2.24, 2.45) is 0 Å². The molecule has 0 heterocycles. The molecule has 11 heavy (non-hydrogen) atoms. The molecular weight excluding hydrogens is 144 g/mol. The van der Waals surface area contributed by atoms with Gasteiger partial charge >= 0.3 is 0 Å². The lowest BCUT2D eigenvalue weighted by atomic mass is 10.3. The minimum atomic E-state index is 0.181. The first-order chi connectivity index (χ1) is 5.31. The Bertz CT molecular complexity index is 189. The van der Waals surface area contributed by atoms with E-state index in [0.717, 1.165) is 5.69 Å². The lowest BCUT2D eigenvalue weighted by Crippen LogP contribution is -1.99. The normalized spacial score (nSPS) is 7.36. The van der Waals surface area contributed by atoms with Crippen LogP contribution in [0.3, 0.4) is 0 Å². The second kappa shape index (κ2) is 6.57. The van der Waals surface area contributed by atoms with Crippen LogP contribution < -0.4 is 11.2 Å². The molecule has 0 aliphatic carbocycles. The highest BCUT2D eigenvalue weighted by Gasteiger charge is 1.72. The summed E-state index contributed by atoms with van der Waals surface area (Å²) in [6.45, 7) is 0. The van der Waals surface area contributed by atoms with Gasteiger partial charge < -0.3 is 5.73 Å². The van der Waals surface area contributed by atoms with Gasteiger partial charge in [0, 0.05) is 5.69 Å². The maximum atomic E-state index is 8.81. The van der Waals surface area contributed by atoms with Crippen LogP contribution in [0.4, 0.5) is 5.69 Å². The predicted molar refractivity (Wildman–Crippen MR) is 41.8 cm³/mol. The van der Waals surface area contributed by atoms with Crippen LogP contribution in [-0.4, -0.2) is 11.6 Å². The summed E-state index contributed by atoms with van der Waals surface area (Å²) in [5, 5.41) is 7.26. The van der Waals surface area contributed by atoms with Crippen LogP contribution in [0.25, 0.3) is 0 Å². The molecule has 0 atom stereocenters. The van der Waals surface area contributed by atoms with E-state index in [4.69, 9.17) is 15.7 Å². The number of carbonyl (C=O) groups is 1. The summed E-state index contributed by atoms with van der Waals surface area (Å²) in [6.07, 6.45) is 0.181. The van der Waals surface area contributed by atoms with Crippen LogP contribution in [0.2, 0.25) is 0 Å². The second-order valence-corrected chi connectivity index (χ2v) is 1.66. The fourth-order valence-corrected chi connectivity index (χ4v) is 0.453. The van der Waals surface area contributed by atoms with E-state index in [1.54, 1.807) is 0 Å². The Morgan fingerprint density at radius 1 is 1.36 bits per heavy atom. The highest BCUT2D eigenvalue weighted by molar-refractivity contribution is 5.43. The topological polar surface area (TPSA) is 75.4 Å².